The first kappa shape index (κ1) is 23.5. The van der Waals surface area contributed by atoms with E-state index in [9.17, 15) is 9.59 Å². The number of hydrogen-bond donors (Lipinski definition) is 1. The van der Waals surface area contributed by atoms with Crippen LogP contribution < -0.4 is 10.9 Å². The molecule has 2 aromatic heterocycles. The molecular formula is C23H22Cl3N5O2. The molecule has 7 nitrogen and oxygen atoms in total. The van der Waals surface area contributed by atoms with Crippen LogP contribution in [0.25, 0.3) is 5.69 Å². The van der Waals surface area contributed by atoms with Crippen LogP contribution in [-0.4, -0.2) is 37.4 Å². The van der Waals surface area contributed by atoms with Crippen LogP contribution in [0.1, 0.15) is 42.4 Å². The Labute approximate surface area is 206 Å². The number of carbonyl (C=O) groups is 1. The molecule has 1 amide bonds. The molecule has 1 N–H and O–H groups in total. The van der Waals surface area contributed by atoms with Crippen molar-refractivity contribution in [3.63, 3.8) is 0 Å². The molecule has 10 heteroatoms. The smallest absolute Gasteiger partial charge is 0.263 e. The summed E-state index contributed by atoms with van der Waals surface area (Å²) in [4.78, 5) is 37.3. The third kappa shape index (κ3) is 4.71. The molecule has 0 saturated heterocycles. The normalized spacial score (nSPS) is 15.5. The molecule has 3 heterocycles. The van der Waals surface area contributed by atoms with Crippen LogP contribution >= 0.6 is 34.8 Å². The minimum absolute atomic E-state index is 0.0258. The average Bonchev–Trinajstić information content (AvgIpc) is 2.76. The number of hydrogen-bond acceptors (Lipinski definition) is 5. The van der Waals surface area contributed by atoms with Gasteiger partial charge < -0.3 is 10.2 Å². The first-order chi connectivity index (χ1) is 15.7. The second-order valence-electron chi connectivity index (χ2n) is 8.25. The van der Waals surface area contributed by atoms with E-state index < -0.39 is 0 Å². The molecule has 0 bridgehead atoms. The fourth-order valence-corrected chi connectivity index (χ4v) is 4.23. The van der Waals surface area contributed by atoms with Crippen molar-refractivity contribution in [1.82, 2.24) is 19.4 Å². The monoisotopic (exact) mass is 505 g/mol. The maximum absolute atomic E-state index is 13.6. The fourth-order valence-electron chi connectivity index (χ4n) is 3.82. The van der Waals surface area contributed by atoms with E-state index in [1.807, 2.05) is 20.8 Å². The molecule has 1 aromatic carbocycles. The summed E-state index contributed by atoms with van der Waals surface area (Å²) in [6.45, 7) is 6.03. The zero-order chi connectivity index (χ0) is 23.9. The summed E-state index contributed by atoms with van der Waals surface area (Å²) in [6.07, 6.45) is 1.91. The molecule has 0 radical (unpaired) electrons. The van der Waals surface area contributed by atoms with E-state index in [4.69, 9.17) is 39.8 Å². The lowest BCUT2D eigenvalue weighted by Crippen LogP contribution is -2.46. The Bertz CT molecular complexity index is 1270. The highest BCUT2D eigenvalue weighted by molar-refractivity contribution is 6.42. The van der Waals surface area contributed by atoms with E-state index in [1.165, 1.54) is 10.8 Å². The number of nitrogens with zero attached hydrogens (tertiary/aromatic N) is 4. The van der Waals surface area contributed by atoms with Crippen LogP contribution in [0.5, 0.6) is 0 Å². The van der Waals surface area contributed by atoms with Gasteiger partial charge in [-0.25, -0.2) is 14.5 Å². The van der Waals surface area contributed by atoms with Crippen molar-refractivity contribution in [2.24, 2.45) is 0 Å². The van der Waals surface area contributed by atoms with Crippen molar-refractivity contribution < 1.29 is 4.79 Å². The van der Waals surface area contributed by atoms with E-state index in [0.29, 0.717) is 50.1 Å². The average molecular weight is 507 g/mol. The molecule has 1 atom stereocenters. The molecule has 4 rings (SSSR count). The summed E-state index contributed by atoms with van der Waals surface area (Å²) in [5.41, 5.74) is 1.93. The molecule has 1 aliphatic rings. The Morgan fingerprint density at radius 1 is 1.15 bits per heavy atom. The number of fused-ring (bicyclic) bond motifs is 1. The Kier molecular flexibility index (Phi) is 6.66. The number of aromatic nitrogens is 3. The maximum atomic E-state index is 13.6. The summed E-state index contributed by atoms with van der Waals surface area (Å²) in [5, 5.41) is 4.26. The fraction of sp³-hybridized carbons (Fsp3) is 0.304. The lowest BCUT2D eigenvalue weighted by molar-refractivity contribution is 0.0653. The molecule has 0 saturated carbocycles. The van der Waals surface area contributed by atoms with Crippen LogP contribution in [0, 0.1) is 0 Å². The summed E-state index contributed by atoms with van der Waals surface area (Å²) in [6, 6.07) is 7.96. The van der Waals surface area contributed by atoms with Gasteiger partial charge in [0.15, 0.2) is 0 Å². The Morgan fingerprint density at radius 2 is 1.91 bits per heavy atom. The summed E-state index contributed by atoms with van der Waals surface area (Å²) in [5.74, 6) is 0.187. The second kappa shape index (κ2) is 9.33. The number of benzene rings is 1. The maximum Gasteiger partial charge on any atom is 0.263 e. The molecule has 33 heavy (non-hydrogen) atoms. The van der Waals surface area contributed by atoms with Crippen molar-refractivity contribution in [2.75, 3.05) is 5.32 Å². The van der Waals surface area contributed by atoms with E-state index in [0.717, 1.165) is 0 Å². The number of pyridine rings is 1. The molecule has 1 aliphatic heterocycles. The van der Waals surface area contributed by atoms with E-state index in [2.05, 4.69) is 10.3 Å². The van der Waals surface area contributed by atoms with Gasteiger partial charge in [-0.1, -0.05) is 34.8 Å². The lowest BCUT2D eigenvalue weighted by Gasteiger charge is -2.34. The molecular weight excluding hydrogens is 485 g/mol. The topological polar surface area (TPSA) is 80.1 Å². The third-order valence-corrected chi connectivity index (χ3v) is 6.39. The van der Waals surface area contributed by atoms with Gasteiger partial charge >= 0.3 is 0 Å². The van der Waals surface area contributed by atoms with E-state index in [-0.39, 0.29) is 30.1 Å². The SMILES string of the molecule is CC(C)Nc1nc2c(c(=O)n1-c1ccc(Cl)nc1)C[C@@H](C)N(C(=O)c1ccc(Cl)c(Cl)c1)C2. The van der Waals surface area contributed by atoms with Gasteiger partial charge in [0.25, 0.3) is 11.5 Å². The predicted octanol–water partition coefficient (Wildman–Crippen LogP) is 5.00. The standard InChI is InChI=1S/C23H22Cl3N5O2/c1-12(2)28-23-29-19-11-30(21(32)14-4-6-17(24)18(25)9-14)13(3)8-16(19)22(33)31(23)15-5-7-20(26)27-10-15/h4-7,9-10,12-13H,8,11H2,1-3H3,(H,28,29)/t13-/m1/s1. The zero-order valence-electron chi connectivity index (χ0n) is 18.3. The van der Waals surface area contributed by atoms with Gasteiger partial charge in [-0.15, -0.1) is 0 Å². The zero-order valence-corrected chi connectivity index (χ0v) is 20.5. The van der Waals surface area contributed by atoms with Gasteiger partial charge in [0.05, 0.1) is 34.2 Å². The van der Waals surface area contributed by atoms with Crippen molar-refractivity contribution in [2.45, 2.75) is 45.8 Å². The highest BCUT2D eigenvalue weighted by Crippen LogP contribution is 2.27. The summed E-state index contributed by atoms with van der Waals surface area (Å²) >= 11 is 18.0. The number of anilines is 1. The Hall–Kier alpha value is -2.61. The molecule has 0 fully saturated rings. The van der Waals surface area contributed by atoms with Gasteiger partial charge in [0, 0.05) is 23.2 Å². The first-order valence-corrected chi connectivity index (χ1v) is 11.6. The molecule has 3 aromatic rings. The largest absolute Gasteiger partial charge is 0.353 e. The first-order valence-electron chi connectivity index (χ1n) is 10.4. The third-order valence-electron chi connectivity index (χ3n) is 5.43. The van der Waals surface area contributed by atoms with Crippen LogP contribution in [-0.2, 0) is 13.0 Å². The van der Waals surface area contributed by atoms with Crippen LogP contribution in [0.15, 0.2) is 41.3 Å². The van der Waals surface area contributed by atoms with Gasteiger partial charge in [0.2, 0.25) is 5.95 Å². The lowest BCUT2D eigenvalue weighted by atomic mass is 9.98. The Balaban J connectivity index is 1.77. The van der Waals surface area contributed by atoms with E-state index in [1.54, 1.807) is 35.2 Å². The van der Waals surface area contributed by atoms with Crippen LogP contribution in [0.4, 0.5) is 5.95 Å². The highest BCUT2D eigenvalue weighted by atomic mass is 35.5. The van der Waals surface area contributed by atoms with E-state index >= 15 is 0 Å². The van der Waals surface area contributed by atoms with Crippen LogP contribution in [0.2, 0.25) is 15.2 Å². The molecule has 0 spiro atoms. The van der Waals surface area contributed by atoms with Gasteiger partial charge in [-0.05, 0) is 57.5 Å². The van der Waals surface area contributed by atoms with Gasteiger partial charge in [0.1, 0.15) is 5.15 Å². The second-order valence-corrected chi connectivity index (χ2v) is 9.46. The van der Waals surface area contributed by atoms with Crippen molar-refractivity contribution in [1.29, 1.82) is 0 Å². The molecule has 0 unspecified atom stereocenters. The quantitative estimate of drug-likeness (QED) is 0.504. The summed E-state index contributed by atoms with van der Waals surface area (Å²) < 4.78 is 1.51. The predicted molar refractivity (Wildman–Crippen MR) is 131 cm³/mol. The van der Waals surface area contributed by atoms with Crippen molar-refractivity contribution in [3.05, 3.63) is 78.9 Å². The number of halogens is 3. The number of rotatable bonds is 4. The number of amides is 1. The van der Waals surface area contributed by atoms with Crippen LogP contribution in [0.3, 0.4) is 0 Å². The molecule has 172 valence electrons. The minimum Gasteiger partial charge on any atom is -0.353 e. The van der Waals surface area contributed by atoms with Crippen molar-refractivity contribution >= 4 is 46.7 Å². The number of nitrogens with one attached hydrogen (secondary N) is 1. The Morgan fingerprint density at radius 3 is 2.55 bits per heavy atom. The highest BCUT2D eigenvalue weighted by Gasteiger charge is 2.32. The van der Waals surface area contributed by atoms with Gasteiger partial charge in [-0.3, -0.25) is 9.59 Å². The number of carbonyl (C=O) groups excluding carboxylic acids is 1. The molecule has 0 aliphatic carbocycles. The summed E-state index contributed by atoms with van der Waals surface area (Å²) in [7, 11) is 0. The van der Waals surface area contributed by atoms with Crippen molar-refractivity contribution in [3.8, 4) is 5.69 Å². The minimum atomic E-state index is -0.213. The van der Waals surface area contributed by atoms with Gasteiger partial charge in [-0.2, -0.15) is 0 Å².